The molecule has 0 bridgehead atoms. The molecular weight excluding hydrogens is 237 g/mol. The molecule has 0 saturated heterocycles. The largest absolute Gasteiger partial charge is 0.450 e. The Hall–Kier alpha value is -2.81. The zero-order chi connectivity index (χ0) is 13.0. The normalized spacial score (nSPS) is 9.56. The van der Waals surface area contributed by atoms with E-state index in [0.717, 1.165) is 0 Å². The van der Waals surface area contributed by atoms with Gasteiger partial charge in [0, 0.05) is 4.53 Å². The van der Waals surface area contributed by atoms with Crippen molar-refractivity contribution in [3.05, 3.63) is 42.1 Å². The van der Waals surface area contributed by atoms with Gasteiger partial charge in [-0.05, 0) is 24.3 Å². The number of rotatable bonds is 3. The molecule has 2 rings (SSSR count). The van der Waals surface area contributed by atoms with E-state index in [1.807, 2.05) is 6.07 Å². The lowest BCUT2D eigenvalue weighted by Crippen LogP contribution is -1.93. The van der Waals surface area contributed by atoms with Crippen molar-refractivity contribution < 1.29 is 14.2 Å². The average molecular weight is 245 g/mol. The molecule has 5 nitrogen and oxygen atoms in total. The van der Waals surface area contributed by atoms with Gasteiger partial charge in [-0.15, -0.1) is 0 Å². The standard InChI is InChI=1S/C12H8FN3O2/c13-18-10-3-1-2-8(6-14)12(10)17-9-4-5-11(15)16-7-9/h1-5,7H,(H2,15,16). The molecule has 0 aliphatic rings. The van der Waals surface area contributed by atoms with Gasteiger partial charge in [0.2, 0.25) is 5.75 Å². The van der Waals surface area contributed by atoms with Crippen molar-refractivity contribution in [2.24, 2.45) is 0 Å². The van der Waals surface area contributed by atoms with Crippen LogP contribution in [0.5, 0.6) is 17.2 Å². The molecule has 1 aromatic heterocycles. The van der Waals surface area contributed by atoms with Crippen LogP contribution in [0.2, 0.25) is 0 Å². The third kappa shape index (κ3) is 2.30. The minimum atomic E-state index is -0.175. The maximum Gasteiger partial charge on any atom is 0.215 e. The second-order valence-electron chi connectivity index (χ2n) is 3.34. The number of para-hydroxylation sites is 1. The van der Waals surface area contributed by atoms with Crippen LogP contribution in [0.4, 0.5) is 10.3 Å². The van der Waals surface area contributed by atoms with Gasteiger partial charge in [-0.2, -0.15) is 5.26 Å². The maximum atomic E-state index is 12.3. The molecule has 1 heterocycles. The first-order chi connectivity index (χ1) is 8.74. The van der Waals surface area contributed by atoms with Gasteiger partial charge in [-0.1, -0.05) is 6.07 Å². The van der Waals surface area contributed by atoms with Crippen molar-refractivity contribution in [1.82, 2.24) is 4.98 Å². The highest BCUT2D eigenvalue weighted by Crippen LogP contribution is 2.34. The molecular formula is C12H8FN3O2. The highest BCUT2D eigenvalue weighted by molar-refractivity contribution is 5.54. The van der Waals surface area contributed by atoms with Crippen molar-refractivity contribution in [2.75, 3.05) is 5.73 Å². The molecule has 0 unspecified atom stereocenters. The Kier molecular flexibility index (Phi) is 3.25. The summed E-state index contributed by atoms with van der Waals surface area (Å²) in [7, 11) is 0. The number of hydrogen-bond acceptors (Lipinski definition) is 5. The summed E-state index contributed by atoms with van der Waals surface area (Å²) in [6.45, 7) is 0. The lowest BCUT2D eigenvalue weighted by molar-refractivity contribution is -0.00853. The third-order valence-corrected chi connectivity index (χ3v) is 2.16. The molecule has 0 spiro atoms. The Morgan fingerprint density at radius 1 is 1.28 bits per heavy atom. The molecule has 0 radical (unpaired) electrons. The van der Waals surface area contributed by atoms with Gasteiger partial charge in [0.15, 0.2) is 5.75 Å². The van der Waals surface area contributed by atoms with E-state index >= 15 is 0 Å². The molecule has 18 heavy (non-hydrogen) atoms. The highest BCUT2D eigenvalue weighted by atomic mass is 19.3. The van der Waals surface area contributed by atoms with Gasteiger partial charge in [0.05, 0.1) is 11.8 Å². The molecule has 0 saturated carbocycles. The van der Waals surface area contributed by atoms with Crippen molar-refractivity contribution in [3.8, 4) is 23.3 Å². The number of hydrogen-bond donors (Lipinski definition) is 1. The first-order valence-electron chi connectivity index (χ1n) is 4.95. The summed E-state index contributed by atoms with van der Waals surface area (Å²) in [5.74, 6) is 0.475. The van der Waals surface area contributed by atoms with Crippen molar-refractivity contribution in [3.63, 3.8) is 0 Å². The number of nitrogens with two attached hydrogens (primary N) is 1. The molecule has 0 atom stereocenters. The number of benzene rings is 1. The minimum Gasteiger partial charge on any atom is -0.450 e. The molecule has 1 aromatic carbocycles. The lowest BCUT2D eigenvalue weighted by atomic mass is 10.2. The van der Waals surface area contributed by atoms with Crippen LogP contribution in [0.3, 0.4) is 0 Å². The summed E-state index contributed by atoms with van der Waals surface area (Å²) >= 11 is 0. The number of nitriles is 1. The van der Waals surface area contributed by atoms with Crippen molar-refractivity contribution in [2.45, 2.75) is 0 Å². The second kappa shape index (κ2) is 5.01. The Morgan fingerprint density at radius 3 is 2.72 bits per heavy atom. The number of aromatic nitrogens is 1. The van der Waals surface area contributed by atoms with Crippen LogP contribution in [-0.4, -0.2) is 4.98 Å². The first-order valence-corrected chi connectivity index (χ1v) is 4.95. The quantitative estimate of drug-likeness (QED) is 0.898. The molecule has 0 fully saturated rings. The van der Waals surface area contributed by atoms with Crippen LogP contribution in [-0.2, 0) is 0 Å². The molecule has 0 aliphatic heterocycles. The summed E-state index contributed by atoms with van der Waals surface area (Å²) in [5.41, 5.74) is 5.58. The van der Waals surface area contributed by atoms with Crippen molar-refractivity contribution in [1.29, 1.82) is 5.26 Å². The van der Waals surface area contributed by atoms with E-state index in [9.17, 15) is 4.53 Å². The summed E-state index contributed by atoms with van der Waals surface area (Å²) in [4.78, 5) is 7.48. The smallest absolute Gasteiger partial charge is 0.215 e. The van der Waals surface area contributed by atoms with Crippen LogP contribution in [0, 0.1) is 11.3 Å². The molecule has 0 aliphatic carbocycles. The van der Waals surface area contributed by atoms with Gasteiger partial charge in [0.1, 0.15) is 17.6 Å². The zero-order valence-corrected chi connectivity index (χ0v) is 9.13. The highest BCUT2D eigenvalue weighted by Gasteiger charge is 2.13. The van der Waals surface area contributed by atoms with Crippen LogP contribution in [0.15, 0.2) is 36.5 Å². The number of nitrogen functional groups attached to an aromatic ring is 1. The van der Waals surface area contributed by atoms with Gasteiger partial charge >= 0.3 is 0 Å². The number of nitrogens with zero attached hydrogens (tertiary/aromatic N) is 2. The average Bonchev–Trinajstić information content (AvgIpc) is 2.41. The van der Waals surface area contributed by atoms with Crippen LogP contribution < -0.4 is 15.4 Å². The topological polar surface area (TPSA) is 81.2 Å². The van der Waals surface area contributed by atoms with Gasteiger partial charge in [-0.3, -0.25) is 4.94 Å². The summed E-state index contributed by atoms with van der Waals surface area (Å²) in [5, 5.41) is 8.92. The Balaban J connectivity index is 2.39. The van der Waals surface area contributed by atoms with E-state index in [4.69, 9.17) is 15.7 Å². The molecule has 2 aromatic rings. The monoisotopic (exact) mass is 245 g/mol. The fraction of sp³-hybridized carbons (Fsp3) is 0. The summed E-state index contributed by atoms with van der Waals surface area (Å²) < 4.78 is 17.7. The third-order valence-electron chi connectivity index (χ3n) is 2.16. The van der Waals surface area contributed by atoms with E-state index in [1.165, 1.54) is 30.5 Å². The number of ether oxygens (including phenoxy) is 1. The van der Waals surface area contributed by atoms with Crippen LogP contribution in [0.1, 0.15) is 5.56 Å². The Bertz CT molecular complexity index is 593. The minimum absolute atomic E-state index is 0.00549. The van der Waals surface area contributed by atoms with Crippen LogP contribution in [0.25, 0.3) is 0 Å². The number of anilines is 1. The maximum absolute atomic E-state index is 12.3. The van der Waals surface area contributed by atoms with Gasteiger partial charge in [0.25, 0.3) is 0 Å². The van der Waals surface area contributed by atoms with Gasteiger partial charge < -0.3 is 10.5 Å². The Morgan fingerprint density at radius 2 is 2.11 bits per heavy atom. The summed E-state index contributed by atoms with van der Waals surface area (Å²) in [6.07, 6.45) is 1.37. The SMILES string of the molecule is N#Cc1cccc(OF)c1Oc1ccc(N)nc1. The molecule has 0 amide bonds. The van der Waals surface area contributed by atoms with Gasteiger partial charge in [-0.25, -0.2) is 4.98 Å². The fourth-order valence-electron chi connectivity index (χ4n) is 1.34. The Labute approximate surface area is 102 Å². The number of pyridine rings is 1. The van der Waals surface area contributed by atoms with E-state index < -0.39 is 0 Å². The van der Waals surface area contributed by atoms with E-state index in [2.05, 4.69) is 9.93 Å². The van der Waals surface area contributed by atoms with E-state index in [0.29, 0.717) is 11.6 Å². The predicted molar refractivity (Wildman–Crippen MR) is 61.6 cm³/mol. The second-order valence-corrected chi connectivity index (χ2v) is 3.34. The fourth-order valence-corrected chi connectivity index (χ4v) is 1.34. The summed E-state index contributed by atoms with van der Waals surface area (Å²) in [6, 6.07) is 9.29. The van der Waals surface area contributed by atoms with E-state index in [-0.39, 0.29) is 17.1 Å². The molecule has 90 valence electrons. The lowest BCUT2D eigenvalue weighted by Gasteiger charge is -2.09. The predicted octanol–water partition coefficient (Wildman–Crippen LogP) is 2.59. The van der Waals surface area contributed by atoms with E-state index in [1.54, 1.807) is 6.07 Å². The first kappa shape index (κ1) is 11.7. The molecule has 2 N–H and O–H groups in total. The van der Waals surface area contributed by atoms with Crippen molar-refractivity contribution >= 4 is 5.82 Å². The number of halogens is 1. The zero-order valence-electron chi connectivity index (χ0n) is 9.13. The molecule has 6 heteroatoms. The van der Waals surface area contributed by atoms with Crippen LogP contribution >= 0.6 is 0 Å².